The lowest BCUT2D eigenvalue weighted by molar-refractivity contribution is -0.168. The van der Waals surface area contributed by atoms with Crippen LogP contribution in [0, 0.1) is 31.6 Å². The highest BCUT2D eigenvalue weighted by Crippen LogP contribution is 2.42. The molecular weight excluding hydrogens is 524 g/mol. The number of hydrogen-bond donors (Lipinski definition) is 0. The van der Waals surface area contributed by atoms with Gasteiger partial charge in [0.05, 0.1) is 31.1 Å². The third-order valence-corrected chi connectivity index (χ3v) is 7.69. The summed E-state index contributed by atoms with van der Waals surface area (Å²) in [6, 6.07) is 12.3. The quantitative estimate of drug-likeness (QED) is 0.271. The van der Waals surface area contributed by atoms with Crippen LogP contribution < -0.4 is 4.74 Å². The molecule has 1 saturated heterocycles. The summed E-state index contributed by atoms with van der Waals surface area (Å²) in [5.41, 5.74) is 3.19. The van der Waals surface area contributed by atoms with E-state index >= 15 is 0 Å². The third-order valence-electron chi connectivity index (χ3n) is 7.69. The molecule has 2 aliphatic rings. The van der Waals surface area contributed by atoms with Crippen molar-refractivity contribution >= 4 is 23.9 Å². The number of ether oxygens (including phenoxy) is 4. The van der Waals surface area contributed by atoms with Crippen molar-refractivity contribution in [3.8, 4) is 5.75 Å². The number of hydrogen-bond acceptors (Lipinski definition) is 8. The molecule has 8 nitrogen and oxygen atoms in total. The minimum Gasteiger partial charge on any atom is -0.465 e. The van der Waals surface area contributed by atoms with Crippen molar-refractivity contribution in [1.29, 1.82) is 0 Å². The zero-order chi connectivity index (χ0) is 29.7. The van der Waals surface area contributed by atoms with Gasteiger partial charge in [-0.25, -0.2) is 9.59 Å². The van der Waals surface area contributed by atoms with Crippen LogP contribution in [0.3, 0.4) is 0 Å². The van der Waals surface area contributed by atoms with Gasteiger partial charge in [0.1, 0.15) is 5.75 Å². The predicted molar refractivity (Wildman–Crippen MR) is 151 cm³/mol. The Morgan fingerprint density at radius 2 is 1.73 bits per heavy atom. The molecule has 0 bridgehead atoms. The maximum atomic E-state index is 14.2. The summed E-state index contributed by atoms with van der Waals surface area (Å²) < 4.78 is 21.5. The van der Waals surface area contributed by atoms with Crippen molar-refractivity contribution in [2.45, 2.75) is 39.2 Å². The summed E-state index contributed by atoms with van der Waals surface area (Å²) in [5.74, 6) is -5.72. The number of benzene rings is 2. The Kier molecular flexibility index (Phi) is 9.22. The molecule has 1 fully saturated rings. The van der Waals surface area contributed by atoms with Gasteiger partial charge in [-0.05, 0) is 48.6 Å². The average molecular weight is 559 g/mol. The van der Waals surface area contributed by atoms with Gasteiger partial charge in [0, 0.05) is 12.3 Å². The smallest absolute Gasteiger partial charge is 0.347 e. The number of esters is 4. The lowest BCUT2D eigenvalue weighted by Crippen LogP contribution is -2.42. The Balaban J connectivity index is 1.83. The molecule has 0 saturated carbocycles. The fraction of sp³-hybridized carbons (Fsp3) is 0.333. The van der Waals surface area contributed by atoms with Crippen molar-refractivity contribution in [2.75, 3.05) is 13.7 Å². The number of carbonyl (C=O) groups is 4. The van der Waals surface area contributed by atoms with Gasteiger partial charge in [0.25, 0.3) is 0 Å². The average Bonchev–Trinajstić information content (AvgIpc) is 3.38. The van der Waals surface area contributed by atoms with Gasteiger partial charge in [-0.15, -0.1) is 0 Å². The SMILES string of the molecule is C=C1/C=C\C=C/C(c2ccccc2C)C(C(=O)OC2CCOC2=O)C(C(=O)Oc2cc(C(=O)OC)ccc2C)C1C. The maximum absolute atomic E-state index is 14.2. The predicted octanol–water partition coefficient (Wildman–Crippen LogP) is 5.19. The third kappa shape index (κ3) is 6.48. The number of allylic oxidation sites excluding steroid dienone is 5. The van der Waals surface area contributed by atoms with Gasteiger partial charge < -0.3 is 18.9 Å². The summed E-state index contributed by atoms with van der Waals surface area (Å²) in [7, 11) is 1.27. The van der Waals surface area contributed by atoms with Crippen LogP contribution in [0.2, 0.25) is 0 Å². The molecule has 1 aliphatic carbocycles. The molecule has 2 aromatic carbocycles. The van der Waals surface area contributed by atoms with E-state index < -0.39 is 53.7 Å². The molecule has 1 aliphatic heterocycles. The van der Waals surface area contributed by atoms with Crippen LogP contribution >= 0.6 is 0 Å². The number of rotatable bonds is 6. The number of cyclic esters (lactones) is 1. The molecule has 0 spiro atoms. The zero-order valence-corrected chi connectivity index (χ0v) is 23.6. The van der Waals surface area contributed by atoms with Crippen molar-refractivity contribution in [2.24, 2.45) is 17.8 Å². The molecular formula is C33H34O8. The number of aryl methyl sites for hydroxylation is 2. The van der Waals surface area contributed by atoms with Crippen LogP contribution in [-0.4, -0.2) is 43.7 Å². The standard InChI is InChI=1S/C33H34O8/c1-19-10-6-9-13-25(24-12-8-7-11-20(24)2)29(33(37)40-26-16-17-39-31(26)35)28(22(19)4)32(36)41-27-18-23(30(34)38-5)15-14-21(27)3/h6-15,18,22,25-26,28-29H,1,16-17H2,2-5H3/b10-6-,13-9-. The van der Waals surface area contributed by atoms with E-state index in [0.29, 0.717) is 11.1 Å². The molecule has 5 unspecified atom stereocenters. The highest BCUT2D eigenvalue weighted by Gasteiger charge is 2.47. The Hall–Kier alpha value is -4.46. The summed E-state index contributed by atoms with van der Waals surface area (Å²) in [6.07, 6.45) is 6.47. The van der Waals surface area contributed by atoms with E-state index in [9.17, 15) is 19.2 Å². The maximum Gasteiger partial charge on any atom is 0.347 e. The van der Waals surface area contributed by atoms with Crippen molar-refractivity contribution in [3.63, 3.8) is 0 Å². The van der Waals surface area contributed by atoms with Crippen LogP contribution in [0.25, 0.3) is 0 Å². The second kappa shape index (κ2) is 12.8. The highest BCUT2D eigenvalue weighted by atomic mass is 16.6. The first-order valence-electron chi connectivity index (χ1n) is 13.5. The van der Waals surface area contributed by atoms with E-state index in [0.717, 1.165) is 11.1 Å². The van der Waals surface area contributed by atoms with Crippen molar-refractivity contribution in [1.82, 2.24) is 0 Å². The first-order valence-corrected chi connectivity index (χ1v) is 13.5. The summed E-state index contributed by atoms with van der Waals surface area (Å²) in [5, 5.41) is 0. The van der Waals surface area contributed by atoms with Crippen molar-refractivity contribution < 1.29 is 38.1 Å². The van der Waals surface area contributed by atoms with Crippen molar-refractivity contribution in [3.05, 3.63) is 101 Å². The zero-order valence-electron chi connectivity index (χ0n) is 23.6. The summed E-state index contributed by atoms with van der Waals surface area (Å²) >= 11 is 0. The van der Waals surface area contributed by atoms with Crippen LogP contribution in [0.1, 0.15) is 46.3 Å². The summed E-state index contributed by atoms with van der Waals surface area (Å²) in [4.78, 5) is 52.6. The van der Waals surface area contributed by atoms with Gasteiger partial charge in [-0.3, -0.25) is 9.59 Å². The largest absolute Gasteiger partial charge is 0.465 e. The van der Waals surface area contributed by atoms with Gasteiger partial charge in [-0.2, -0.15) is 0 Å². The van der Waals surface area contributed by atoms with E-state index in [1.807, 2.05) is 49.4 Å². The van der Waals surface area contributed by atoms with E-state index in [2.05, 4.69) is 6.58 Å². The monoisotopic (exact) mass is 558 g/mol. The van der Waals surface area contributed by atoms with Crippen LogP contribution in [0.4, 0.5) is 0 Å². The molecule has 0 N–H and O–H groups in total. The molecule has 1 heterocycles. The first-order chi connectivity index (χ1) is 19.6. The number of methoxy groups -OCH3 is 1. The van der Waals surface area contributed by atoms with Crippen LogP contribution in [0.5, 0.6) is 5.75 Å². The fourth-order valence-corrected chi connectivity index (χ4v) is 5.24. The highest BCUT2D eigenvalue weighted by molar-refractivity contribution is 5.91. The molecule has 8 heteroatoms. The molecule has 0 radical (unpaired) electrons. The number of carbonyl (C=O) groups excluding carboxylic acids is 4. The van der Waals surface area contributed by atoms with E-state index in [1.165, 1.54) is 13.2 Å². The Morgan fingerprint density at radius 3 is 2.41 bits per heavy atom. The topological polar surface area (TPSA) is 105 Å². The summed E-state index contributed by atoms with van der Waals surface area (Å²) in [6.45, 7) is 9.79. The first kappa shape index (κ1) is 29.5. The molecule has 5 atom stereocenters. The molecule has 41 heavy (non-hydrogen) atoms. The van der Waals surface area contributed by atoms with Gasteiger partial charge in [0.2, 0.25) is 6.10 Å². The molecule has 2 aromatic rings. The minimum absolute atomic E-state index is 0.154. The fourth-order valence-electron chi connectivity index (χ4n) is 5.24. The van der Waals surface area contributed by atoms with Gasteiger partial charge in [0.15, 0.2) is 0 Å². The molecule has 214 valence electrons. The van der Waals surface area contributed by atoms with E-state index in [4.69, 9.17) is 18.9 Å². The Bertz CT molecular complexity index is 1420. The van der Waals surface area contributed by atoms with Gasteiger partial charge >= 0.3 is 23.9 Å². The van der Waals surface area contributed by atoms with E-state index in [1.54, 1.807) is 32.1 Å². The van der Waals surface area contributed by atoms with E-state index in [-0.39, 0.29) is 24.3 Å². The van der Waals surface area contributed by atoms with Crippen LogP contribution in [-0.2, 0) is 28.6 Å². The van der Waals surface area contributed by atoms with Gasteiger partial charge in [-0.1, -0.05) is 73.7 Å². The normalized spacial score (nSPS) is 25.6. The second-order valence-corrected chi connectivity index (χ2v) is 10.3. The lowest BCUT2D eigenvalue weighted by atomic mass is 9.70. The van der Waals surface area contributed by atoms with Crippen LogP contribution in [0.15, 0.2) is 78.9 Å². The molecule has 0 aromatic heterocycles. The molecule has 0 amide bonds. The minimum atomic E-state index is -1.08. The Morgan fingerprint density at radius 1 is 0.976 bits per heavy atom. The Labute approximate surface area is 239 Å². The molecule has 4 rings (SSSR count). The lowest BCUT2D eigenvalue weighted by Gasteiger charge is -2.34. The second-order valence-electron chi connectivity index (χ2n) is 10.3.